The first-order valence-electron chi connectivity index (χ1n) is 9.89. The van der Waals surface area contributed by atoms with Gasteiger partial charge in [-0.3, -0.25) is 4.99 Å². The number of hydrogen-bond acceptors (Lipinski definition) is 3. The van der Waals surface area contributed by atoms with Gasteiger partial charge >= 0.3 is 0 Å². The highest BCUT2D eigenvalue weighted by Crippen LogP contribution is 2.29. The van der Waals surface area contributed by atoms with Gasteiger partial charge in [0.25, 0.3) is 0 Å². The maximum Gasteiger partial charge on any atom is 0.191 e. The van der Waals surface area contributed by atoms with E-state index in [2.05, 4.69) is 43.5 Å². The summed E-state index contributed by atoms with van der Waals surface area (Å²) in [7, 11) is 0. The Morgan fingerprint density at radius 1 is 1.20 bits per heavy atom. The Balaban J connectivity index is 1.92. The summed E-state index contributed by atoms with van der Waals surface area (Å²) in [4.78, 5) is 4.82. The monoisotopic (exact) mass is 348 g/mol. The van der Waals surface area contributed by atoms with Crippen LogP contribution < -0.4 is 10.6 Å². The predicted molar refractivity (Wildman–Crippen MR) is 104 cm³/mol. The molecule has 0 aromatic carbocycles. The van der Waals surface area contributed by atoms with Crippen molar-refractivity contribution >= 4 is 5.96 Å². The summed E-state index contributed by atoms with van der Waals surface area (Å²) in [6.07, 6.45) is 5.13. The first-order valence-corrected chi connectivity index (χ1v) is 9.89. The van der Waals surface area contributed by atoms with Gasteiger partial charge in [0.1, 0.15) is 5.76 Å². The summed E-state index contributed by atoms with van der Waals surface area (Å²) in [6.45, 7) is 14.6. The van der Waals surface area contributed by atoms with E-state index in [1.165, 1.54) is 31.2 Å². The zero-order valence-electron chi connectivity index (χ0n) is 16.9. The molecule has 1 aliphatic carbocycles. The maximum absolute atomic E-state index is 5.29. The molecule has 0 spiro atoms. The maximum atomic E-state index is 5.29. The molecule has 2 N–H and O–H groups in total. The van der Waals surface area contributed by atoms with Crippen LogP contribution in [0.5, 0.6) is 0 Å². The number of nitrogens with zero attached hydrogens (tertiary/aromatic N) is 2. The Morgan fingerprint density at radius 3 is 2.40 bits per heavy atom. The lowest BCUT2D eigenvalue weighted by atomic mass is 9.80. The van der Waals surface area contributed by atoms with E-state index >= 15 is 0 Å². The Labute approximate surface area is 153 Å². The molecule has 2 rings (SSSR count). The van der Waals surface area contributed by atoms with Gasteiger partial charge in [-0.1, -0.05) is 25.9 Å². The number of aromatic nitrogens is 1. The van der Waals surface area contributed by atoms with Gasteiger partial charge in [-0.05, 0) is 58.3 Å². The molecule has 5 heteroatoms. The van der Waals surface area contributed by atoms with Gasteiger partial charge in [-0.2, -0.15) is 0 Å². The van der Waals surface area contributed by atoms with Crippen molar-refractivity contribution in [2.24, 2.45) is 16.8 Å². The quantitative estimate of drug-likeness (QED) is 0.598. The van der Waals surface area contributed by atoms with Gasteiger partial charge in [0, 0.05) is 30.6 Å². The molecule has 1 fully saturated rings. The lowest BCUT2D eigenvalue weighted by Crippen LogP contribution is -2.45. The number of aryl methyl sites for hydroxylation is 2. The number of hydrogen-bond donors (Lipinski definition) is 2. The Bertz CT molecular complexity index is 537. The van der Waals surface area contributed by atoms with Crippen molar-refractivity contribution in [1.82, 2.24) is 15.8 Å². The third-order valence-corrected chi connectivity index (χ3v) is 5.50. The topological polar surface area (TPSA) is 62.5 Å². The SMILES string of the molecule is CCNC(=NCC(C)c1c(C)noc1C)NC1CCC(C(C)C)CC1. The zero-order valence-corrected chi connectivity index (χ0v) is 16.9. The summed E-state index contributed by atoms with van der Waals surface area (Å²) < 4.78 is 5.29. The van der Waals surface area contributed by atoms with Crippen LogP contribution in [0.2, 0.25) is 0 Å². The average molecular weight is 349 g/mol. The van der Waals surface area contributed by atoms with E-state index in [1.807, 2.05) is 13.8 Å². The normalized spacial score (nSPS) is 22.9. The molecule has 0 aliphatic heterocycles. The molecule has 0 amide bonds. The molecule has 142 valence electrons. The minimum absolute atomic E-state index is 0.304. The van der Waals surface area contributed by atoms with Crippen LogP contribution in [0, 0.1) is 25.7 Å². The van der Waals surface area contributed by atoms with E-state index in [1.54, 1.807) is 0 Å². The largest absolute Gasteiger partial charge is 0.361 e. The Kier molecular flexibility index (Phi) is 7.33. The van der Waals surface area contributed by atoms with Crippen LogP contribution >= 0.6 is 0 Å². The van der Waals surface area contributed by atoms with Gasteiger partial charge in [0.2, 0.25) is 0 Å². The molecule has 1 aromatic rings. The zero-order chi connectivity index (χ0) is 18.4. The van der Waals surface area contributed by atoms with E-state index in [9.17, 15) is 0 Å². The molecule has 1 heterocycles. The van der Waals surface area contributed by atoms with Gasteiger partial charge in [0.05, 0.1) is 5.69 Å². The van der Waals surface area contributed by atoms with E-state index < -0.39 is 0 Å². The van der Waals surface area contributed by atoms with Crippen molar-refractivity contribution in [3.8, 4) is 0 Å². The second kappa shape index (κ2) is 9.25. The first kappa shape index (κ1) is 19.8. The van der Waals surface area contributed by atoms with Crippen LogP contribution in [-0.2, 0) is 0 Å². The lowest BCUT2D eigenvalue weighted by Gasteiger charge is -2.32. The van der Waals surface area contributed by atoms with E-state index in [0.29, 0.717) is 12.0 Å². The third-order valence-electron chi connectivity index (χ3n) is 5.50. The molecule has 0 radical (unpaired) electrons. The summed E-state index contributed by atoms with van der Waals surface area (Å²) in [5.41, 5.74) is 2.17. The van der Waals surface area contributed by atoms with Crippen molar-refractivity contribution in [2.75, 3.05) is 13.1 Å². The fraction of sp³-hybridized carbons (Fsp3) is 0.800. The van der Waals surface area contributed by atoms with Gasteiger partial charge < -0.3 is 15.2 Å². The molecule has 1 unspecified atom stereocenters. The van der Waals surface area contributed by atoms with Crippen LogP contribution in [0.4, 0.5) is 0 Å². The van der Waals surface area contributed by atoms with Crippen molar-refractivity contribution in [2.45, 2.75) is 79.2 Å². The van der Waals surface area contributed by atoms with Crippen molar-refractivity contribution in [3.05, 3.63) is 17.0 Å². The summed E-state index contributed by atoms with van der Waals surface area (Å²) >= 11 is 0. The smallest absolute Gasteiger partial charge is 0.191 e. The molecular weight excluding hydrogens is 312 g/mol. The Hall–Kier alpha value is -1.52. The van der Waals surface area contributed by atoms with Crippen LogP contribution in [0.1, 0.15) is 76.3 Å². The van der Waals surface area contributed by atoms with Crippen molar-refractivity contribution < 1.29 is 4.52 Å². The van der Waals surface area contributed by atoms with Gasteiger partial charge in [-0.25, -0.2) is 0 Å². The molecule has 0 saturated heterocycles. The second-order valence-electron chi connectivity index (χ2n) is 7.86. The predicted octanol–water partition coefficient (Wildman–Crippen LogP) is 4.16. The highest BCUT2D eigenvalue weighted by molar-refractivity contribution is 5.80. The summed E-state index contributed by atoms with van der Waals surface area (Å²) in [6, 6.07) is 0.544. The van der Waals surface area contributed by atoms with Crippen molar-refractivity contribution in [3.63, 3.8) is 0 Å². The van der Waals surface area contributed by atoms with Crippen LogP contribution in [0.15, 0.2) is 9.52 Å². The van der Waals surface area contributed by atoms with Crippen LogP contribution in [0.25, 0.3) is 0 Å². The van der Waals surface area contributed by atoms with Gasteiger partial charge in [0.15, 0.2) is 5.96 Å². The van der Waals surface area contributed by atoms with Crippen LogP contribution in [0.3, 0.4) is 0 Å². The lowest BCUT2D eigenvalue weighted by molar-refractivity contribution is 0.250. The molecule has 1 aromatic heterocycles. The number of rotatable bonds is 6. The number of guanidine groups is 1. The van der Waals surface area contributed by atoms with Gasteiger partial charge in [-0.15, -0.1) is 0 Å². The van der Waals surface area contributed by atoms with E-state index in [4.69, 9.17) is 9.52 Å². The molecule has 5 nitrogen and oxygen atoms in total. The van der Waals surface area contributed by atoms with E-state index in [-0.39, 0.29) is 0 Å². The minimum Gasteiger partial charge on any atom is -0.361 e. The number of aliphatic imine (C=N–C) groups is 1. The first-order chi connectivity index (χ1) is 11.9. The van der Waals surface area contributed by atoms with Crippen LogP contribution in [-0.4, -0.2) is 30.2 Å². The third kappa shape index (κ3) is 5.48. The standard InChI is InChI=1S/C20H36N4O/c1-7-21-20(23-18-10-8-17(9-11-18)13(2)3)22-12-14(4)19-15(5)24-25-16(19)6/h13-14,17-18H,7-12H2,1-6H3,(H2,21,22,23). The highest BCUT2D eigenvalue weighted by atomic mass is 16.5. The molecule has 1 aliphatic rings. The fourth-order valence-corrected chi connectivity index (χ4v) is 3.96. The molecule has 1 saturated carbocycles. The highest BCUT2D eigenvalue weighted by Gasteiger charge is 2.24. The van der Waals surface area contributed by atoms with E-state index in [0.717, 1.165) is 42.3 Å². The molecule has 0 bridgehead atoms. The average Bonchev–Trinajstić information content (AvgIpc) is 2.92. The number of nitrogens with one attached hydrogen (secondary N) is 2. The molecular formula is C20H36N4O. The minimum atomic E-state index is 0.304. The summed E-state index contributed by atoms with van der Waals surface area (Å²) in [5.74, 6) is 3.84. The Morgan fingerprint density at radius 2 is 1.88 bits per heavy atom. The fourth-order valence-electron chi connectivity index (χ4n) is 3.96. The van der Waals surface area contributed by atoms with Crippen molar-refractivity contribution in [1.29, 1.82) is 0 Å². The molecule has 1 atom stereocenters. The second-order valence-corrected chi connectivity index (χ2v) is 7.86. The molecule has 25 heavy (non-hydrogen) atoms. The summed E-state index contributed by atoms with van der Waals surface area (Å²) in [5, 5.41) is 11.1.